The van der Waals surface area contributed by atoms with Crippen molar-refractivity contribution in [2.24, 2.45) is 29.6 Å². The number of rotatable bonds is 10. The van der Waals surface area contributed by atoms with Crippen LogP contribution in [0.2, 0.25) is 0 Å². The summed E-state index contributed by atoms with van der Waals surface area (Å²) in [6, 6.07) is 8.39. The van der Waals surface area contributed by atoms with Crippen LogP contribution in [0.15, 0.2) is 30.3 Å². The average molecular weight is 878 g/mol. The molecule has 352 valence electrons. The van der Waals surface area contributed by atoms with Gasteiger partial charge in [-0.25, -0.2) is 4.79 Å². The number of aliphatic hydroxyl groups is 2. The molecule has 0 aromatic heterocycles. The van der Waals surface area contributed by atoms with Gasteiger partial charge in [-0.05, 0) is 87.0 Å². The third-order valence-electron chi connectivity index (χ3n) is 14.6. The summed E-state index contributed by atoms with van der Waals surface area (Å²) in [6.07, 6.45) is -7.52. The highest BCUT2D eigenvalue weighted by Crippen LogP contribution is 2.46. The van der Waals surface area contributed by atoms with E-state index in [0.29, 0.717) is 18.4 Å². The Morgan fingerprint density at radius 1 is 0.871 bits per heavy atom. The molecule has 0 amide bonds. The van der Waals surface area contributed by atoms with E-state index in [9.17, 15) is 24.6 Å². The van der Waals surface area contributed by atoms with Crippen molar-refractivity contribution in [3.63, 3.8) is 0 Å². The summed E-state index contributed by atoms with van der Waals surface area (Å²) in [6.45, 7) is 18.3. The topological polar surface area (TPSA) is 178 Å². The Hall–Kier alpha value is -2.57. The van der Waals surface area contributed by atoms with E-state index in [1.165, 1.54) is 7.11 Å². The van der Waals surface area contributed by atoms with Gasteiger partial charge in [0.1, 0.15) is 29.2 Å². The van der Waals surface area contributed by atoms with E-state index in [1.54, 1.807) is 59.1 Å². The number of ketones is 1. The summed E-state index contributed by atoms with van der Waals surface area (Å²) in [5.74, 6) is -4.86. The van der Waals surface area contributed by atoms with Crippen molar-refractivity contribution in [1.29, 1.82) is 0 Å². The van der Waals surface area contributed by atoms with Crippen LogP contribution in [0.4, 0.5) is 0 Å². The predicted octanol–water partition coefficient (Wildman–Crippen LogP) is 4.96. The number of cyclic esters (lactones) is 1. The molecule has 19 atom stereocenters. The molecular formula is C47H75NO14. The average Bonchev–Trinajstić information content (AvgIpc) is 3.55. The highest BCUT2D eigenvalue weighted by Gasteiger charge is 2.58. The third kappa shape index (κ3) is 10.3. The second-order valence-electron chi connectivity index (χ2n) is 19.3. The van der Waals surface area contributed by atoms with Crippen LogP contribution in [0.1, 0.15) is 105 Å². The Kier molecular flexibility index (Phi) is 16.5. The van der Waals surface area contributed by atoms with Crippen LogP contribution in [0.25, 0.3) is 0 Å². The van der Waals surface area contributed by atoms with Crippen molar-refractivity contribution < 1.29 is 67.2 Å². The molecule has 0 aliphatic carbocycles. The van der Waals surface area contributed by atoms with E-state index in [4.69, 9.17) is 42.6 Å². The van der Waals surface area contributed by atoms with E-state index in [-0.39, 0.29) is 37.4 Å². The Balaban J connectivity index is 1.59. The molecule has 0 bridgehead atoms. The molecule has 62 heavy (non-hydrogen) atoms. The molecule has 4 aliphatic rings. The second kappa shape index (κ2) is 20.3. The summed E-state index contributed by atoms with van der Waals surface area (Å²) >= 11 is 0. The van der Waals surface area contributed by atoms with Gasteiger partial charge in [-0.2, -0.15) is 0 Å². The first-order valence-corrected chi connectivity index (χ1v) is 22.4. The Bertz CT molecular complexity index is 1670. The number of benzene rings is 1. The van der Waals surface area contributed by atoms with E-state index >= 15 is 0 Å². The number of nitrogens with zero attached hydrogens (tertiary/aromatic N) is 1. The Labute approximate surface area is 368 Å². The van der Waals surface area contributed by atoms with E-state index < -0.39 is 114 Å². The van der Waals surface area contributed by atoms with Gasteiger partial charge in [0, 0.05) is 50.4 Å². The maximum absolute atomic E-state index is 14.7. The zero-order valence-corrected chi connectivity index (χ0v) is 39.4. The van der Waals surface area contributed by atoms with Crippen molar-refractivity contribution in [2.45, 2.75) is 179 Å². The number of fused-ring (bicyclic) bond motifs is 1. The van der Waals surface area contributed by atoms with Crippen molar-refractivity contribution in [3.8, 4) is 0 Å². The molecule has 0 saturated carbocycles. The Morgan fingerprint density at radius 2 is 1.50 bits per heavy atom. The molecule has 15 heteroatoms. The summed E-state index contributed by atoms with van der Waals surface area (Å²) in [7, 11) is 6.88. The zero-order valence-electron chi connectivity index (χ0n) is 39.4. The second-order valence-corrected chi connectivity index (χ2v) is 19.3. The molecule has 4 fully saturated rings. The molecule has 0 radical (unpaired) electrons. The predicted molar refractivity (Wildman–Crippen MR) is 228 cm³/mol. The number of Topliss-reactive ketones (excluding diaryl/α,β-unsaturated/α-hetero) is 1. The molecule has 4 heterocycles. The lowest BCUT2D eigenvalue weighted by Crippen LogP contribution is -2.61. The van der Waals surface area contributed by atoms with Gasteiger partial charge in [0.2, 0.25) is 0 Å². The first-order valence-electron chi connectivity index (χ1n) is 22.4. The fraction of sp³-hybridized carbons (Fsp3) is 0.809. The summed E-state index contributed by atoms with van der Waals surface area (Å²) in [5.41, 5.74) is -3.11. The lowest BCUT2D eigenvalue weighted by atomic mass is 9.69. The highest BCUT2D eigenvalue weighted by atomic mass is 16.7. The summed E-state index contributed by atoms with van der Waals surface area (Å²) in [4.78, 5) is 44.5. The minimum absolute atomic E-state index is 0.0154. The molecule has 1 aromatic rings. The number of hydrogen-bond acceptors (Lipinski definition) is 15. The molecule has 4 unspecified atom stereocenters. The fourth-order valence-electron chi connectivity index (χ4n) is 10.8. The van der Waals surface area contributed by atoms with Crippen molar-refractivity contribution in [1.82, 2.24) is 4.90 Å². The van der Waals surface area contributed by atoms with Crippen LogP contribution in [0.5, 0.6) is 0 Å². The van der Waals surface area contributed by atoms with Gasteiger partial charge in [0.15, 0.2) is 18.7 Å². The van der Waals surface area contributed by atoms with E-state index in [1.807, 2.05) is 66.6 Å². The first-order chi connectivity index (χ1) is 29.0. The number of esters is 2. The largest absolute Gasteiger partial charge is 0.459 e. The summed E-state index contributed by atoms with van der Waals surface area (Å²) in [5, 5.41) is 23.1. The fourth-order valence-corrected chi connectivity index (χ4v) is 10.8. The standard InChI is InChI=1S/C47H75NO14/c1-15-34-47(10)36(33(49)24-56-47)27(4)37(50)25(2)22-45(8,54-13)40(62-44-38(51)32(48(11)12)21-26(3)57-44)28(5)39(29(6)42(52)59-34)60-35-23-46(9,55-14)41(30(7)58-35)61-43(53)31-19-17-16-18-20-31/h16-20,25-30,32-36,38-41,44,49,51H,15,21-24H2,1-14H3/t25?,26-,27?,28+,29-,30+,32+,33?,34-,35+,36-,38-,39+,40-,41?,44+,45-,46-,47-/m1/s1. The molecule has 5 rings (SSSR count). The monoisotopic (exact) mass is 878 g/mol. The van der Waals surface area contributed by atoms with Crippen LogP contribution >= 0.6 is 0 Å². The molecule has 0 spiro atoms. The zero-order chi connectivity index (χ0) is 46.1. The summed E-state index contributed by atoms with van der Waals surface area (Å²) < 4.78 is 58.0. The molecule has 4 saturated heterocycles. The maximum Gasteiger partial charge on any atom is 0.338 e. The number of methoxy groups -OCH3 is 2. The van der Waals surface area contributed by atoms with Crippen molar-refractivity contribution in [3.05, 3.63) is 35.9 Å². The number of ether oxygens (including phenoxy) is 9. The molecular weight excluding hydrogens is 803 g/mol. The van der Waals surface area contributed by atoms with E-state index in [0.717, 1.165) is 0 Å². The lowest BCUT2D eigenvalue weighted by molar-refractivity contribution is -0.319. The van der Waals surface area contributed by atoms with Crippen molar-refractivity contribution >= 4 is 17.7 Å². The minimum Gasteiger partial charge on any atom is -0.459 e. The van der Waals surface area contributed by atoms with E-state index in [2.05, 4.69) is 0 Å². The van der Waals surface area contributed by atoms with Crippen LogP contribution < -0.4 is 0 Å². The van der Waals surface area contributed by atoms with Gasteiger partial charge in [-0.1, -0.05) is 45.9 Å². The van der Waals surface area contributed by atoms with Crippen molar-refractivity contribution in [2.75, 3.05) is 34.9 Å². The van der Waals surface area contributed by atoms with Crippen LogP contribution in [-0.2, 0) is 52.2 Å². The quantitative estimate of drug-likeness (QED) is 0.302. The van der Waals surface area contributed by atoms with Gasteiger partial charge in [0.25, 0.3) is 0 Å². The van der Waals surface area contributed by atoms with Gasteiger partial charge in [-0.15, -0.1) is 0 Å². The van der Waals surface area contributed by atoms with Crippen LogP contribution in [-0.4, -0.2) is 152 Å². The number of aliphatic hydroxyl groups excluding tert-OH is 2. The number of carbonyl (C=O) groups is 3. The molecule has 4 aliphatic heterocycles. The van der Waals surface area contributed by atoms with Gasteiger partial charge in [0.05, 0.1) is 54.2 Å². The maximum atomic E-state index is 14.7. The number of carbonyl (C=O) groups excluding carboxylic acids is 3. The Morgan fingerprint density at radius 3 is 2.10 bits per heavy atom. The number of likely N-dealkylation sites (N-methyl/N-ethyl adjacent to an activating group) is 1. The van der Waals surface area contributed by atoms with Crippen LogP contribution in [0.3, 0.4) is 0 Å². The molecule has 15 nitrogen and oxygen atoms in total. The minimum atomic E-state index is -1.24. The van der Waals surface area contributed by atoms with Crippen LogP contribution in [0, 0.1) is 29.6 Å². The van der Waals surface area contributed by atoms with Gasteiger partial charge < -0.3 is 57.7 Å². The van der Waals surface area contributed by atoms with Gasteiger partial charge in [-0.3, -0.25) is 9.59 Å². The SMILES string of the molecule is CC[C@H]1OC(=O)[C@H](C)[C@@H](O[C@H]2C[C@@](C)(OC)C(OC(=O)c3ccccc3)[C@H](C)O2)[C@H](C)[C@@H](O[C@@H]2O[C@H](C)C[C@H](N(C)C)[C@H]2O)[C@](C)(OC)CC(C)C(=O)C(C)[C@@H]2C(O)CO[C@@]21C. The lowest BCUT2D eigenvalue weighted by Gasteiger charge is -2.50. The molecule has 2 N–H and O–H groups in total. The van der Waals surface area contributed by atoms with Gasteiger partial charge >= 0.3 is 11.9 Å². The number of hydrogen-bond donors (Lipinski definition) is 2. The highest BCUT2D eigenvalue weighted by molar-refractivity contribution is 5.89. The smallest absolute Gasteiger partial charge is 0.338 e. The normalized spacial score (nSPS) is 44.9. The molecule has 1 aromatic carbocycles. The first kappa shape index (κ1) is 50.4. The third-order valence-corrected chi connectivity index (χ3v) is 14.6.